The second-order valence-electron chi connectivity index (χ2n) is 9.33. The molecule has 7 nitrogen and oxygen atoms in total. The Morgan fingerprint density at radius 2 is 1.74 bits per heavy atom. The van der Waals surface area contributed by atoms with Crippen molar-refractivity contribution in [3.8, 4) is 11.4 Å². The minimum absolute atomic E-state index is 0.0682. The van der Waals surface area contributed by atoms with Crippen LogP contribution in [0.15, 0.2) is 60.7 Å². The Morgan fingerprint density at radius 1 is 0.947 bits per heavy atom. The topological polar surface area (TPSA) is 96.0 Å². The number of hydrogen-bond acceptors (Lipinski definition) is 5. The number of amides is 2. The van der Waals surface area contributed by atoms with E-state index in [9.17, 15) is 9.59 Å². The predicted molar refractivity (Wildman–Crippen MR) is 153 cm³/mol. The summed E-state index contributed by atoms with van der Waals surface area (Å²) in [7, 11) is 1.79. The molecule has 0 spiro atoms. The second kappa shape index (κ2) is 11.4. The van der Waals surface area contributed by atoms with Gasteiger partial charge in [-0.2, -0.15) is 0 Å². The summed E-state index contributed by atoms with van der Waals surface area (Å²) in [6.45, 7) is 0.345. The number of nitrogens with one attached hydrogen (secondary N) is 3. The van der Waals surface area contributed by atoms with Gasteiger partial charge >= 0.3 is 0 Å². The lowest BCUT2D eigenvalue weighted by molar-refractivity contribution is -0.124. The first-order chi connectivity index (χ1) is 18.4. The lowest BCUT2D eigenvalue weighted by atomic mass is 10.1. The Balaban J connectivity index is 1.37. The Morgan fingerprint density at radius 3 is 2.50 bits per heavy atom. The summed E-state index contributed by atoms with van der Waals surface area (Å²) in [6.07, 6.45) is 4.07. The maximum absolute atomic E-state index is 13.2. The molecule has 5 rings (SSSR count). The van der Waals surface area contributed by atoms with Gasteiger partial charge in [-0.1, -0.05) is 54.2 Å². The van der Waals surface area contributed by atoms with Crippen LogP contribution in [-0.2, 0) is 11.3 Å². The molecule has 4 aromatic rings. The third kappa shape index (κ3) is 5.59. The molecule has 1 heterocycles. The minimum Gasteiger partial charge on any atom is -0.373 e. The van der Waals surface area contributed by atoms with E-state index in [0.717, 1.165) is 36.6 Å². The fraction of sp³-hybridized carbons (Fsp3) is 0.241. The monoisotopic (exact) mass is 547 g/mol. The predicted octanol–water partition coefficient (Wildman–Crippen LogP) is 6.70. The van der Waals surface area contributed by atoms with Crippen LogP contribution in [0, 0.1) is 5.92 Å². The molecule has 194 valence electrons. The highest BCUT2D eigenvalue weighted by molar-refractivity contribution is 6.34. The fourth-order valence-corrected chi connectivity index (χ4v) is 5.16. The minimum atomic E-state index is -0.354. The first-order valence-corrected chi connectivity index (χ1v) is 13.3. The summed E-state index contributed by atoms with van der Waals surface area (Å²) in [6, 6.07) is 18.0. The number of carbonyl (C=O) groups is 2. The maximum atomic E-state index is 13.2. The molecule has 9 heteroatoms. The lowest BCUT2D eigenvalue weighted by Crippen LogP contribution is -2.28. The third-order valence-electron chi connectivity index (χ3n) is 6.77. The zero-order valence-corrected chi connectivity index (χ0v) is 22.4. The molecule has 3 aromatic carbocycles. The van der Waals surface area contributed by atoms with Gasteiger partial charge in [-0.05, 0) is 60.9 Å². The van der Waals surface area contributed by atoms with Crippen LogP contribution in [0.5, 0.6) is 0 Å². The van der Waals surface area contributed by atoms with Crippen molar-refractivity contribution >= 4 is 57.4 Å². The van der Waals surface area contributed by atoms with Crippen LogP contribution < -0.4 is 16.0 Å². The lowest BCUT2D eigenvalue weighted by Gasteiger charge is -2.13. The average molecular weight is 548 g/mol. The first kappa shape index (κ1) is 25.9. The largest absolute Gasteiger partial charge is 0.373 e. The van der Waals surface area contributed by atoms with Gasteiger partial charge < -0.3 is 16.0 Å². The van der Waals surface area contributed by atoms with E-state index in [1.165, 1.54) is 0 Å². The summed E-state index contributed by atoms with van der Waals surface area (Å²) < 4.78 is 0. The number of benzene rings is 3. The number of carbonyl (C=O) groups excluding carboxylic acids is 2. The second-order valence-corrected chi connectivity index (χ2v) is 10.1. The Labute approximate surface area is 231 Å². The fourth-order valence-electron chi connectivity index (χ4n) is 4.74. The van der Waals surface area contributed by atoms with E-state index in [1.54, 1.807) is 37.4 Å². The Kier molecular flexibility index (Phi) is 7.77. The summed E-state index contributed by atoms with van der Waals surface area (Å²) in [5, 5.41) is 10.7. The Bertz CT molecular complexity index is 1520. The van der Waals surface area contributed by atoms with Crippen molar-refractivity contribution < 1.29 is 9.59 Å². The molecule has 3 N–H and O–H groups in total. The number of hydrogen-bond donors (Lipinski definition) is 3. The van der Waals surface area contributed by atoms with Crippen LogP contribution in [0.4, 0.5) is 11.5 Å². The van der Waals surface area contributed by atoms with Crippen molar-refractivity contribution in [1.82, 2.24) is 15.3 Å². The molecule has 2 amide bonds. The molecular weight excluding hydrogens is 521 g/mol. The van der Waals surface area contributed by atoms with Crippen molar-refractivity contribution in [2.24, 2.45) is 5.92 Å². The van der Waals surface area contributed by atoms with Crippen LogP contribution in [-0.4, -0.2) is 28.8 Å². The summed E-state index contributed by atoms with van der Waals surface area (Å²) in [4.78, 5) is 34.9. The molecule has 1 aliphatic rings. The summed E-state index contributed by atoms with van der Waals surface area (Å²) in [5.41, 5.74) is 3.05. The number of aromatic nitrogens is 2. The molecule has 38 heavy (non-hydrogen) atoms. The molecule has 0 atom stereocenters. The first-order valence-electron chi connectivity index (χ1n) is 12.5. The highest BCUT2D eigenvalue weighted by Gasteiger charge is 2.22. The van der Waals surface area contributed by atoms with Crippen LogP contribution in [0.25, 0.3) is 22.3 Å². The molecular formula is C29H27Cl2N5O2. The van der Waals surface area contributed by atoms with Gasteiger partial charge in [-0.3, -0.25) is 9.59 Å². The highest BCUT2D eigenvalue weighted by atomic mass is 35.5. The van der Waals surface area contributed by atoms with Crippen LogP contribution >= 0.6 is 23.2 Å². The molecule has 1 saturated carbocycles. The standard InChI is InChI=1S/C29H27Cl2N5O2/c1-32-26-21-12-11-19(15-25(21)35-27(36-26)20-8-4-5-9-23(20)30)34-29(38)22-14-17(10-13-24(22)31)16-33-28(37)18-6-2-3-7-18/h4-5,8-15,18H,2-3,6-7,16H2,1H3,(H,33,37)(H,34,38)(H,32,35,36). The molecule has 0 aliphatic heterocycles. The molecule has 0 unspecified atom stereocenters. The van der Waals surface area contributed by atoms with Crippen molar-refractivity contribution in [2.45, 2.75) is 32.2 Å². The maximum Gasteiger partial charge on any atom is 0.257 e. The van der Waals surface area contributed by atoms with Gasteiger partial charge in [-0.15, -0.1) is 0 Å². The normalized spacial score (nSPS) is 13.4. The van der Waals surface area contributed by atoms with E-state index in [4.69, 9.17) is 28.2 Å². The van der Waals surface area contributed by atoms with E-state index in [1.807, 2.05) is 30.3 Å². The van der Waals surface area contributed by atoms with E-state index in [2.05, 4.69) is 20.9 Å². The number of fused-ring (bicyclic) bond motifs is 1. The molecule has 0 radical (unpaired) electrons. The average Bonchev–Trinajstić information content (AvgIpc) is 3.47. The van der Waals surface area contributed by atoms with Gasteiger partial charge in [0.1, 0.15) is 5.82 Å². The molecule has 1 aromatic heterocycles. The van der Waals surface area contributed by atoms with Gasteiger partial charge in [0.25, 0.3) is 5.91 Å². The summed E-state index contributed by atoms with van der Waals surface area (Å²) in [5.74, 6) is 0.930. The number of nitrogens with zero attached hydrogens (tertiary/aromatic N) is 2. The highest BCUT2D eigenvalue weighted by Crippen LogP contribution is 2.31. The van der Waals surface area contributed by atoms with Crippen LogP contribution in [0.2, 0.25) is 10.0 Å². The van der Waals surface area contributed by atoms with E-state index >= 15 is 0 Å². The van der Waals surface area contributed by atoms with Gasteiger partial charge in [0, 0.05) is 36.1 Å². The summed E-state index contributed by atoms with van der Waals surface area (Å²) >= 11 is 12.8. The van der Waals surface area contributed by atoms with Gasteiger partial charge in [-0.25, -0.2) is 9.97 Å². The van der Waals surface area contributed by atoms with Crippen molar-refractivity contribution in [2.75, 3.05) is 17.7 Å². The molecule has 1 fully saturated rings. The van der Waals surface area contributed by atoms with Gasteiger partial charge in [0.05, 0.1) is 21.1 Å². The molecule has 0 bridgehead atoms. The zero-order valence-electron chi connectivity index (χ0n) is 20.9. The van der Waals surface area contributed by atoms with Gasteiger partial charge in [0.2, 0.25) is 5.91 Å². The van der Waals surface area contributed by atoms with Crippen LogP contribution in [0.1, 0.15) is 41.6 Å². The van der Waals surface area contributed by atoms with E-state index in [-0.39, 0.29) is 17.7 Å². The van der Waals surface area contributed by atoms with Crippen molar-refractivity contribution in [1.29, 1.82) is 0 Å². The quantitative estimate of drug-likeness (QED) is 0.239. The van der Waals surface area contributed by atoms with E-state index in [0.29, 0.717) is 50.6 Å². The van der Waals surface area contributed by atoms with Crippen molar-refractivity contribution in [3.05, 3.63) is 81.8 Å². The molecule has 0 saturated heterocycles. The van der Waals surface area contributed by atoms with Crippen LogP contribution in [0.3, 0.4) is 0 Å². The number of rotatable bonds is 7. The van der Waals surface area contributed by atoms with Crippen molar-refractivity contribution in [3.63, 3.8) is 0 Å². The number of anilines is 2. The number of halogens is 2. The van der Waals surface area contributed by atoms with E-state index < -0.39 is 0 Å². The molecule has 1 aliphatic carbocycles. The zero-order chi connectivity index (χ0) is 26.6. The third-order valence-corrected chi connectivity index (χ3v) is 7.43. The SMILES string of the molecule is CNc1nc(-c2ccccc2Cl)nc2cc(NC(=O)c3cc(CNC(=O)C4CCCC4)ccc3Cl)ccc12. The van der Waals surface area contributed by atoms with Gasteiger partial charge in [0.15, 0.2) is 5.82 Å². The Hall–Kier alpha value is -3.68. The smallest absolute Gasteiger partial charge is 0.257 e.